The van der Waals surface area contributed by atoms with E-state index in [1.165, 1.54) is 0 Å². The number of nitrogens with one attached hydrogen (secondary N) is 2. The van der Waals surface area contributed by atoms with Gasteiger partial charge in [0.1, 0.15) is 11.4 Å². The van der Waals surface area contributed by atoms with E-state index in [0.29, 0.717) is 31.9 Å². The number of benzene rings is 1. The lowest BCUT2D eigenvalue weighted by Gasteiger charge is -2.25. The fourth-order valence-corrected chi connectivity index (χ4v) is 4.08. The van der Waals surface area contributed by atoms with E-state index in [9.17, 15) is 9.59 Å². The second kappa shape index (κ2) is 7.18. The SMILES string of the molecule is Cc1nn(C)c(NC(=O)N2CCCC3(CC2)CNC(=O)O3)c1-c1ccccc1. The van der Waals surface area contributed by atoms with Gasteiger partial charge in [-0.2, -0.15) is 5.10 Å². The van der Waals surface area contributed by atoms with Gasteiger partial charge in [-0.3, -0.25) is 10.00 Å². The van der Waals surface area contributed by atoms with Gasteiger partial charge < -0.3 is 15.0 Å². The molecule has 4 rings (SSSR count). The summed E-state index contributed by atoms with van der Waals surface area (Å²) in [6.45, 7) is 3.62. The van der Waals surface area contributed by atoms with Crippen LogP contribution in [0.15, 0.2) is 30.3 Å². The van der Waals surface area contributed by atoms with Gasteiger partial charge in [0.2, 0.25) is 0 Å². The Kier molecular flexibility index (Phi) is 4.70. The maximum atomic E-state index is 13.0. The largest absolute Gasteiger partial charge is 0.441 e. The number of likely N-dealkylation sites (tertiary alicyclic amines) is 1. The molecule has 148 valence electrons. The third kappa shape index (κ3) is 3.42. The molecule has 2 N–H and O–H groups in total. The van der Waals surface area contributed by atoms with Crippen LogP contribution in [0.2, 0.25) is 0 Å². The normalized spacial score (nSPS) is 21.9. The molecule has 8 heteroatoms. The molecule has 0 bridgehead atoms. The summed E-state index contributed by atoms with van der Waals surface area (Å²) in [5.41, 5.74) is 2.33. The fraction of sp³-hybridized carbons (Fsp3) is 0.450. The Labute approximate surface area is 163 Å². The first kappa shape index (κ1) is 18.3. The molecule has 1 unspecified atom stereocenters. The number of carbonyl (C=O) groups excluding carboxylic acids is 2. The number of aryl methyl sites for hydroxylation is 2. The van der Waals surface area contributed by atoms with Crippen LogP contribution in [0.25, 0.3) is 11.1 Å². The Morgan fingerprint density at radius 2 is 2.04 bits per heavy atom. The summed E-state index contributed by atoms with van der Waals surface area (Å²) in [6, 6.07) is 9.77. The summed E-state index contributed by atoms with van der Waals surface area (Å²) in [5, 5.41) is 10.3. The highest BCUT2D eigenvalue weighted by atomic mass is 16.6. The number of alkyl carbamates (subject to hydrolysis) is 1. The highest BCUT2D eigenvalue weighted by Gasteiger charge is 2.42. The number of ether oxygens (including phenoxy) is 1. The van der Waals surface area contributed by atoms with Gasteiger partial charge in [-0.25, -0.2) is 9.59 Å². The molecule has 1 spiro atoms. The number of urea groups is 1. The van der Waals surface area contributed by atoms with Crippen molar-refractivity contribution in [1.29, 1.82) is 0 Å². The number of aromatic nitrogens is 2. The predicted molar refractivity (Wildman–Crippen MR) is 105 cm³/mol. The van der Waals surface area contributed by atoms with E-state index in [0.717, 1.165) is 29.7 Å². The molecule has 28 heavy (non-hydrogen) atoms. The molecule has 3 heterocycles. The van der Waals surface area contributed by atoms with Crippen molar-refractivity contribution in [2.75, 3.05) is 25.0 Å². The monoisotopic (exact) mass is 383 g/mol. The van der Waals surface area contributed by atoms with Gasteiger partial charge in [0.25, 0.3) is 0 Å². The smallest absolute Gasteiger partial charge is 0.407 e. The fourth-order valence-electron chi connectivity index (χ4n) is 4.08. The van der Waals surface area contributed by atoms with Crippen molar-refractivity contribution in [2.24, 2.45) is 7.05 Å². The van der Waals surface area contributed by atoms with Gasteiger partial charge in [-0.05, 0) is 25.3 Å². The van der Waals surface area contributed by atoms with Crippen LogP contribution in [0, 0.1) is 6.92 Å². The molecule has 3 amide bonds. The summed E-state index contributed by atoms with van der Waals surface area (Å²) in [4.78, 5) is 26.2. The summed E-state index contributed by atoms with van der Waals surface area (Å²) in [6.07, 6.45) is 1.82. The second-order valence-electron chi connectivity index (χ2n) is 7.50. The van der Waals surface area contributed by atoms with Crippen molar-refractivity contribution in [3.8, 4) is 11.1 Å². The lowest BCUT2D eigenvalue weighted by molar-refractivity contribution is 0.0454. The van der Waals surface area contributed by atoms with E-state index in [1.54, 1.807) is 9.58 Å². The Morgan fingerprint density at radius 1 is 1.25 bits per heavy atom. The summed E-state index contributed by atoms with van der Waals surface area (Å²) in [5.74, 6) is 0.682. The molecule has 8 nitrogen and oxygen atoms in total. The van der Waals surface area contributed by atoms with Crippen LogP contribution in [0.3, 0.4) is 0 Å². The van der Waals surface area contributed by atoms with Crippen LogP contribution in [0.5, 0.6) is 0 Å². The van der Waals surface area contributed by atoms with E-state index in [-0.39, 0.29) is 12.1 Å². The number of nitrogens with zero attached hydrogens (tertiary/aromatic N) is 3. The zero-order valence-corrected chi connectivity index (χ0v) is 16.2. The molecule has 2 aliphatic heterocycles. The molecule has 0 aliphatic carbocycles. The zero-order chi connectivity index (χ0) is 19.7. The average Bonchev–Trinajstić information content (AvgIpc) is 3.08. The first-order chi connectivity index (χ1) is 13.5. The summed E-state index contributed by atoms with van der Waals surface area (Å²) < 4.78 is 7.20. The minimum absolute atomic E-state index is 0.158. The Morgan fingerprint density at radius 3 is 2.75 bits per heavy atom. The minimum Gasteiger partial charge on any atom is -0.441 e. The van der Waals surface area contributed by atoms with E-state index < -0.39 is 5.60 Å². The van der Waals surface area contributed by atoms with Gasteiger partial charge in [-0.1, -0.05) is 30.3 Å². The predicted octanol–water partition coefficient (Wildman–Crippen LogP) is 2.89. The van der Waals surface area contributed by atoms with Crippen LogP contribution < -0.4 is 10.6 Å². The molecule has 2 aliphatic rings. The molecule has 0 saturated carbocycles. The maximum absolute atomic E-state index is 13.0. The second-order valence-corrected chi connectivity index (χ2v) is 7.50. The summed E-state index contributed by atoms with van der Waals surface area (Å²) >= 11 is 0. The number of hydrogen-bond acceptors (Lipinski definition) is 4. The first-order valence-electron chi connectivity index (χ1n) is 9.59. The highest BCUT2D eigenvalue weighted by Crippen LogP contribution is 2.32. The van der Waals surface area contributed by atoms with E-state index in [4.69, 9.17) is 4.74 Å². The molecule has 1 atom stereocenters. The van der Waals surface area contributed by atoms with Crippen molar-refractivity contribution in [2.45, 2.75) is 31.8 Å². The Bertz CT molecular complexity index is 895. The summed E-state index contributed by atoms with van der Waals surface area (Å²) in [7, 11) is 1.83. The molecular formula is C20H25N5O3. The third-order valence-electron chi connectivity index (χ3n) is 5.56. The van der Waals surface area contributed by atoms with Crippen molar-refractivity contribution in [1.82, 2.24) is 20.0 Å². The van der Waals surface area contributed by atoms with Gasteiger partial charge in [-0.15, -0.1) is 0 Å². The lowest BCUT2D eigenvalue weighted by atomic mass is 9.95. The average molecular weight is 383 g/mol. The van der Waals surface area contributed by atoms with Crippen molar-refractivity contribution in [3.63, 3.8) is 0 Å². The van der Waals surface area contributed by atoms with Crippen LogP contribution in [0.1, 0.15) is 25.0 Å². The molecule has 1 aromatic heterocycles. The van der Waals surface area contributed by atoms with Crippen LogP contribution in [-0.2, 0) is 11.8 Å². The van der Waals surface area contributed by atoms with E-state index >= 15 is 0 Å². The van der Waals surface area contributed by atoms with E-state index in [1.807, 2.05) is 44.3 Å². The number of anilines is 1. The molecule has 1 aromatic carbocycles. The zero-order valence-electron chi connectivity index (χ0n) is 16.2. The molecule has 2 aromatic rings. The quantitative estimate of drug-likeness (QED) is 0.835. The molecular weight excluding hydrogens is 358 g/mol. The van der Waals surface area contributed by atoms with Crippen LogP contribution in [0.4, 0.5) is 15.4 Å². The highest BCUT2D eigenvalue weighted by molar-refractivity contribution is 5.93. The van der Waals surface area contributed by atoms with Crippen molar-refractivity contribution >= 4 is 17.9 Å². The lowest BCUT2D eigenvalue weighted by Crippen LogP contribution is -2.38. The number of carbonyl (C=O) groups is 2. The van der Waals surface area contributed by atoms with E-state index in [2.05, 4.69) is 15.7 Å². The molecule has 0 radical (unpaired) electrons. The molecule has 2 fully saturated rings. The topological polar surface area (TPSA) is 88.5 Å². The van der Waals surface area contributed by atoms with Crippen LogP contribution in [-0.4, -0.2) is 52.0 Å². The van der Waals surface area contributed by atoms with Crippen molar-refractivity contribution in [3.05, 3.63) is 36.0 Å². The number of amides is 3. The maximum Gasteiger partial charge on any atom is 0.407 e. The molecule has 2 saturated heterocycles. The number of hydrogen-bond donors (Lipinski definition) is 2. The Balaban J connectivity index is 1.51. The minimum atomic E-state index is -0.482. The standard InChI is InChI=1S/C20H25N5O3/c1-14-16(15-7-4-3-5-8-15)17(24(2)23-14)22-18(26)25-11-6-9-20(10-12-25)13-21-19(27)28-20/h3-5,7-8H,6,9-13H2,1-2H3,(H,21,27)(H,22,26). The third-order valence-corrected chi connectivity index (χ3v) is 5.56. The first-order valence-corrected chi connectivity index (χ1v) is 9.59. The van der Waals surface area contributed by atoms with Gasteiger partial charge in [0.05, 0.1) is 12.2 Å². The Hall–Kier alpha value is -3.03. The van der Waals surface area contributed by atoms with Crippen molar-refractivity contribution < 1.29 is 14.3 Å². The van der Waals surface area contributed by atoms with Crippen LogP contribution >= 0.6 is 0 Å². The van der Waals surface area contributed by atoms with Gasteiger partial charge >= 0.3 is 12.1 Å². The van der Waals surface area contributed by atoms with Gasteiger partial charge in [0, 0.05) is 32.1 Å². The van der Waals surface area contributed by atoms with Gasteiger partial charge in [0.15, 0.2) is 0 Å². The number of rotatable bonds is 2.